The highest BCUT2D eigenvalue weighted by Gasteiger charge is 2.20. The SMILES string of the molecule is CCNC(=NCCc1ccc(S(C)(=O)=O)cc1)NC1CCN(Cc2ccccc2)CC1. The summed E-state index contributed by atoms with van der Waals surface area (Å²) in [5, 5.41) is 6.93. The Morgan fingerprint density at radius 3 is 2.32 bits per heavy atom. The van der Waals surface area contributed by atoms with E-state index < -0.39 is 9.84 Å². The summed E-state index contributed by atoms with van der Waals surface area (Å²) >= 11 is 0. The third-order valence-electron chi connectivity index (χ3n) is 5.54. The number of guanidine groups is 1. The van der Waals surface area contributed by atoms with Crippen molar-refractivity contribution in [2.24, 2.45) is 4.99 Å². The van der Waals surface area contributed by atoms with Gasteiger partial charge in [-0.05, 0) is 49.4 Å². The van der Waals surface area contributed by atoms with Crippen molar-refractivity contribution in [3.63, 3.8) is 0 Å². The fourth-order valence-corrected chi connectivity index (χ4v) is 4.42. The summed E-state index contributed by atoms with van der Waals surface area (Å²) in [6.45, 7) is 6.73. The molecule has 1 aliphatic rings. The van der Waals surface area contributed by atoms with Crippen LogP contribution in [0.2, 0.25) is 0 Å². The lowest BCUT2D eigenvalue weighted by atomic mass is 10.0. The van der Waals surface area contributed by atoms with Gasteiger partial charge in [0.05, 0.1) is 4.90 Å². The van der Waals surface area contributed by atoms with Gasteiger partial charge in [-0.1, -0.05) is 42.5 Å². The zero-order chi connectivity index (χ0) is 22.1. The molecule has 3 rings (SSSR count). The van der Waals surface area contributed by atoms with Crippen LogP contribution in [0.5, 0.6) is 0 Å². The number of nitrogens with zero attached hydrogens (tertiary/aromatic N) is 2. The van der Waals surface area contributed by atoms with Gasteiger partial charge < -0.3 is 10.6 Å². The lowest BCUT2D eigenvalue weighted by Crippen LogP contribution is -2.48. The lowest BCUT2D eigenvalue weighted by Gasteiger charge is -2.33. The molecule has 0 radical (unpaired) electrons. The summed E-state index contributed by atoms with van der Waals surface area (Å²) in [6, 6.07) is 18.1. The molecule has 1 fully saturated rings. The van der Waals surface area contributed by atoms with E-state index in [1.54, 1.807) is 12.1 Å². The molecule has 1 saturated heterocycles. The average Bonchev–Trinajstić information content (AvgIpc) is 2.76. The van der Waals surface area contributed by atoms with E-state index in [0.29, 0.717) is 17.5 Å². The van der Waals surface area contributed by atoms with Gasteiger partial charge in [0.25, 0.3) is 0 Å². The van der Waals surface area contributed by atoms with Crippen LogP contribution >= 0.6 is 0 Å². The van der Waals surface area contributed by atoms with Gasteiger partial charge in [0.15, 0.2) is 15.8 Å². The Hall–Kier alpha value is -2.38. The molecule has 2 aromatic carbocycles. The van der Waals surface area contributed by atoms with E-state index in [0.717, 1.165) is 57.0 Å². The Morgan fingerprint density at radius 2 is 1.71 bits per heavy atom. The molecular formula is C24H34N4O2S. The van der Waals surface area contributed by atoms with Gasteiger partial charge in [0.2, 0.25) is 0 Å². The maximum Gasteiger partial charge on any atom is 0.191 e. The van der Waals surface area contributed by atoms with Gasteiger partial charge in [-0.25, -0.2) is 8.42 Å². The van der Waals surface area contributed by atoms with Crippen LogP contribution in [0.3, 0.4) is 0 Å². The molecule has 1 heterocycles. The van der Waals surface area contributed by atoms with Gasteiger partial charge >= 0.3 is 0 Å². The number of aliphatic imine (C=N–C) groups is 1. The molecule has 0 saturated carbocycles. The molecule has 31 heavy (non-hydrogen) atoms. The molecule has 7 heteroatoms. The van der Waals surface area contributed by atoms with Gasteiger partial charge in [-0.2, -0.15) is 0 Å². The van der Waals surface area contributed by atoms with Gasteiger partial charge in [-0.3, -0.25) is 9.89 Å². The summed E-state index contributed by atoms with van der Waals surface area (Å²) in [7, 11) is -3.15. The van der Waals surface area contributed by atoms with Crippen molar-refractivity contribution in [1.82, 2.24) is 15.5 Å². The zero-order valence-electron chi connectivity index (χ0n) is 18.5. The molecular weight excluding hydrogens is 408 g/mol. The van der Waals surface area contributed by atoms with Crippen LogP contribution in [0.15, 0.2) is 64.5 Å². The highest BCUT2D eigenvalue weighted by Crippen LogP contribution is 2.14. The first kappa shape index (κ1) is 23.3. The topological polar surface area (TPSA) is 73.8 Å². The fraction of sp³-hybridized carbons (Fsp3) is 0.458. The quantitative estimate of drug-likeness (QED) is 0.486. The second-order valence-electron chi connectivity index (χ2n) is 8.11. The molecule has 0 aliphatic carbocycles. The maximum absolute atomic E-state index is 11.6. The molecule has 2 N–H and O–H groups in total. The van der Waals surface area contributed by atoms with Crippen molar-refractivity contribution < 1.29 is 8.42 Å². The second kappa shape index (κ2) is 11.3. The highest BCUT2D eigenvalue weighted by molar-refractivity contribution is 7.90. The molecule has 0 aromatic heterocycles. The predicted molar refractivity (Wildman–Crippen MR) is 127 cm³/mol. The number of benzene rings is 2. The van der Waals surface area contributed by atoms with Crippen molar-refractivity contribution in [1.29, 1.82) is 0 Å². The Balaban J connectivity index is 1.46. The van der Waals surface area contributed by atoms with E-state index in [1.807, 2.05) is 12.1 Å². The van der Waals surface area contributed by atoms with Crippen LogP contribution in [0.1, 0.15) is 30.9 Å². The van der Waals surface area contributed by atoms with Crippen molar-refractivity contribution in [2.75, 3.05) is 32.4 Å². The summed E-state index contributed by atoms with van der Waals surface area (Å²) in [5.41, 5.74) is 2.45. The molecule has 0 amide bonds. The number of likely N-dealkylation sites (tertiary alicyclic amines) is 1. The van der Waals surface area contributed by atoms with Crippen LogP contribution in [0.4, 0.5) is 0 Å². The van der Waals surface area contributed by atoms with Crippen LogP contribution in [-0.2, 0) is 22.8 Å². The van der Waals surface area contributed by atoms with E-state index in [2.05, 4.69) is 52.8 Å². The minimum atomic E-state index is -3.15. The number of piperidine rings is 1. The first-order valence-electron chi connectivity index (χ1n) is 11.0. The van der Waals surface area contributed by atoms with Crippen LogP contribution in [0, 0.1) is 0 Å². The van der Waals surface area contributed by atoms with Gasteiger partial charge in [0.1, 0.15) is 0 Å². The summed E-state index contributed by atoms with van der Waals surface area (Å²) in [5.74, 6) is 0.858. The summed E-state index contributed by atoms with van der Waals surface area (Å²) < 4.78 is 23.2. The number of rotatable bonds is 8. The first-order valence-corrected chi connectivity index (χ1v) is 12.9. The Labute approximate surface area is 186 Å². The van der Waals surface area contributed by atoms with Crippen LogP contribution in [0.25, 0.3) is 0 Å². The minimum Gasteiger partial charge on any atom is -0.357 e. The maximum atomic E-state index is 11.6. The van der Waals surface area contributed by atoms with E-state index in [4.69, 9.17) is 4.99 Å². The number of hydrogen-bond donors (Lipinski definition) is 2. The molecule has 0 unspecified atom stereocenters. The second-order valence-corrected chi connectivity index (χ2v) is 10.1. The van der Waals surface area contributed by atoms with Crippen LogP contribution < -0.4 is 10.6 Å². The van der Waals surface area contributed by atoms with Gasteiger partial charge in [-0.15, -0.1) is 0 Å². The zero-order valence-corrected chi connectivity index (χ0v) is 19.4. The molecule has 168 valence electrons. The normalized spacial score (nSPS) is 16.3. The van der Waals surface area contributed by atoms with Crippen molar-refractivity contribution >= 4 is 15.8 Å². The van der Waals surface area contributed by atoms with E-state index in [9.17, 15) is 8.42 Å². The molecule has 0 atom stereocenters. The molecule has 0 spiro atoms. The van der Waals surface area contributed by atoms with Crippen molar-refractivity contribution in [3.8, 4) is 0 Å². The average molecular weight is 443 g/mol. The van der Waals surface area contributed by atoms with Crippen molar-refractivity contribution in [3.05, 3.63) is 65.7 Å². The smallest absolute Gasteiger partial charge is 0.191 e. The van der Waals surface area contributed by atoms with E-state index in [1.165, 1.54) is 11.8 Å². The molecule has 2 aromatic rings. The summed E-state index contributed by atoms with van der Waals surface area (Å²) in [6.07, 6.45) is 4.21. The third-order valence-corrected chi connectivity index (χ3v) is 6.67. The Morgan fingerprint density at radius 1 is 1.03 bits per heavy atom. The van der Waals surface area contributed by atoms with Crippen molar-refractivity contribution in [2.45, 2.75) is 43.7 Å². The lowest BCUT2D eigenvalue weighted by molar-refractivity contribution is 0.198. The fourth-order valence-electron chi connectivity index (χ4n) is 3.79. The van der Waals surface area contributed by atoms with E-state index in [-0.39, 0.29) is 0 Å². The predicted octanol–water partition coefficient (Wildman–Crippen LogP) is 2.85. The summed E-state index contributed by atoms with van der Waals surface area (Å²) in [4.78, 5) is 7.59. The minimum absolute atomic E-state index is 0.355. The first-order chi connectivity index (χ1) is 14.9. The monoisotopic (exact) mass is 442 g/mol. The van der Waals surface area contributed by atoms with Gasteiger partial charge in [0, 0.05) is 45.0 Å². The Bertz CT molecular complexity index is 935. The number of hydrogen-bond acceptors (Lipinski definition) is 4. The number of nitrogens with one attached hydrogen (secondary N) is 2. The van der Waals surface area contributed by atoms with E-state index >= 15 is 0 Å². The standard InChI is InChI=1S/C24H34N4O2S/c1-3-25-24(26-16-13-20-9-11-23(12-10-20)31(2,29)30)27-22-14-17-28(18-15-22)19-21-7-5-4-6-8-21/h4-12,22H,3,13-19H2,1-2H3,(H2,25,26,27). The molecule has 1 aliphatic heterocycles. The third kappa shape index (κ3) is 7.67. The Kier molecular flexibility index (Phi) is 8.49. The molecule has 0 bridgehead atoms. The number of sulfone groups is 1. The van der Waals surface area contributed by atoms with Crippen LogP contribution in [-0.4, -0.2) is 57.8 Å². The highest BCUT2D eigenvalue weighted by atomic mass is 32.2. The molecule has 6 nitrogen and oxygen atoms in total. The largest absolute Gasteiger partial charge is 0.357 e.